The van der Waals surface area contributed by atoms with Crippen LogP contribution in [0.2, 0.25) is 5.02 Å². The van der Waals surface area contributed by atoms with Crippen molar-refractivity contribution in [1.82, 2.24) is 10.2 Å². The van der Waals surface area contributed by atoms with Gasteiger partial charge in [0.2, 0.25) is 5.13 Å². The average molecular weight is 319 g/mol. The van der Waals surface area contributed by atoms with E-state index in [1.54, 1.807) is 23.7 Å². The number of carbonyl (C=O) groups excluding carboxylic acids is 1. The van der Waals surface area contributed by atoms with Crippen molar-refractivity contribution in [3.8, 4) is 0 Å². The Labute approximate surface area is 109 Å². The lowest BCUT2D eigenvalue weighted by molar-refractivity contribution is 0.102. The van der Waals surface area contributed by atoms with Crippen LogP contribution in [0.4, 0.5) is 5.13 Å². The third kappa shape index (κ3) is 2.58. The van der Waals surface area contributed by atoms with Gasteiger partial charge in [-0.15, -0.1) is 10.2 Å². The van der Waals surface area contributed by atoms with Crippen LogP contribution < -0.4 is 5.32 Å². The molecule has 1 heterocycles. The number of rotatable bonds is 2. The molecule has 1 aromatic heterocycles. The molecule has 2 aromatic rings. The van der Waals surface area contributed by atoms with Crippen LogP contribution in [0.15, 0.2) is 28.2 Å². The Morgan fingerprint density at radius 2 is 2.31 bits per heavy atom. The first-order valence-corrected chi connectivity index (χ1v) is 6.24. The number of nitrogens with zero attached hydrogens (tertiary/aromatic N) is 2. The molecule has 4 nitrogen and oxygen atoms in total. The first-order valence-electron chi connectivity index (χ1n) is 4.19. The molecule has 0 saturated carbocycles. The van der Waals surface area contributed by atoms with Gasteiger partial charge >= 0.3 is 0 Å². The quantitative estimate of drug-likeness (QED) is 0.925. The normalized spacial score (nSPS) is 10.1. The zero-order valence-corrected chi connectivity index (χ0v) is 10.9. The smallest absolute Gasteiger partial charge is 0.258 e. The lowest BCUT2D eigenvalue weighted by Gasteiger charge is -2.03. The minimum absolute atomic E-state index is 0.250. The zero-order valence-electron chi connectivity index (χ0n) is 7.78. The van der Waals surface area contributed by atoms with Crippen LogP contribution >= 0.6 is 38.9 Å². The minimum atomic E-state index is -0.250. The summed E-state index contributed by atoms with van der Waals surface area (Å²) in [5, 5.41) is 11.0. The van der Waals surface area contributed by atoms with Gasteiger partial charge < -0.3 is 0 Å². The van der Waals surface area contributed by atoms with Gasteiger partial charge in [0.1, 0.15) is 5.51 Å². The summed E-state index contributed by atoms with van der Waals surface area (Å²) in [5.74, 6) is -0.250. The van der Waals surface area contributed by atoms with Gasteiger partial charge in [-0.3, -0.25) is 10.1 Å². The largest absolute Gasteiger partial charge is 0.296 e. The highest BCUT2D eigenvalue weighted by molar-refractivity contribution is 9.10. The Kier molecular flexibility index (Phi) is 3.52. The highest BCUT2D eigenvalue weighted by Crippen LogP contribution is 2.22. The third-order valence-corrected chi connectivity index (χ3v) is 3.25. The maximum absolute atomic E-state index is 11.8. The fourth-order valence-electron chi connectivity index (χ4n) is 1.07. The maximum Gasteiger partial charge on any atom is 0.258 e. The average Bonchev–Trinajstić information content (AvgIpc) is 2.70. The monoisotopic (exact) mass is 317 g/mol. The van der Waals surface area contributed by atoms with Crippen molar-refractivity contribution in [2.45, 2.75) is 0 Å². The van der Waals surface area contributed by atoms with Crippen molar-refractivity contribution in [3.63, 3.8) is 0 Å². The molecule has 0 radical (unpaired) electrons. The van der Waals surface area contributed by atoms with E-state index in [9.17, 15) is 4.79 Å². The summed E-state index contributed by atoms with van der Waals surface area (Å²) in [6.45, 7) is 0. The molecular weight excluding hydrogens is 314 g/mol. The number of benzene rings is 1. The summed E-state index contributed by atoms with van der Waals surface area (Å²) >= 11 is 10.3. The molecule has 1 N–H and O–H groups in total. The van der Waals surface area contributed by atoms with Gasteiger partial charge in [0.25, 0.3) is 5.91 Å². The van der Waals surface area contributed by atoms with Gasteiger partial charge in [-0.05, 0) is 34.1 Å². The van der Waals surface area contributed by atoms with Gasteiger partial charge in [-0.25, -0.2) is 0 Å². The molecule has 7 heteroatoms. The first-order chi connectivity index (χ1) is 7.66. The Morgan fingerprint density at radius 1 is 1.50 bits per heavy atom. The Bertz CT molecular complexity index is 517. The fourth-order valence-corrected chi connectivity index (χ4v) is 2.37. The molecule has 0 saturated heterocycles. The number of hydrogen-bond donors (Lipinski definition) is 1. The van der Waals surface area contributed by atoms with Crippen molar-refractivity contribution in [1.29, 1.82) is 0 Å². The number of carbonyl (C=O) groups is 1. The van der Waals surface area contributed by atoms with Gasteiger partial charge in [0.15, 0.2) is 0 Å². The lowest BCUT2D eigenvalue weighted by atomic mass is 10.2. The molecule has 0 unspecified atom stereocenters. The summed E-state index contributed by atoms with van der Waals surface area (Å²) in [4.78, 5) is 11.8. The van der Waals surface area contributed by atoms with Gasteiger partial charge in [-0.2, -0.15) is 0 Å². The van der Waals surface area contributed by atoms with E-state index >= 15 is 0 Å². The molecule has 0 spiro atoms. The summed E-state index contributed by atoms with van der Waals surface area (Å²) in [5.41, 5.74) is 2.05. The number of aromatic nitrogens is 2. The molecule has 0 aliphatic rings. The third-order valence-electron chi connectivity index (χ3n) is 1.76. The van der Waals surface area contributed by atoms with Crippen LogP contribution in [0.5, 0.6) is 0 Å². The Hall–Kier alpha value is -0.980. The SMILES string of the molecule is O=C(Nc1nncs1)c1ccc(Cl)cc1Br. The molecule has 1 aromatic carbocycles. The van der Waals surface area contributed by atoms with E-state index < -0.39 is 0 Å². The van der Waals surface area contributed by atoms with Crippen molar-refractivity contribution >= 4 is 49.9 Å². The molecule has 16 heavy (non-hydrogen) atoms. The standard InChI is InChI=1S/C9H5BrClN3OS/c10-7-3-5(11)1-2-6(7)8(15)13-9-14-12-4-16-9/h1-4H,(H,13,14,15). The molecule has 0 aliphatic carbocycles. The molecule has 0 bridgehead atoms. The second kappa shape index (κ2) is 4.90. The van der Waals surface area contributed by atoms with Crippen molar-refractivity contribution in [2.75, 3.05) is 5.32 Å². The molecular formula is C9H5BrClN3OS. The second-order valence-corrected chi connectivity index (χ2v) is 4.95. The molecule has 0 aliphatic heterocycles. The van der Waals surface area contributed by atoms with Crippen molar-refractivity contribution < 1.29 is 4.79 Å². The highest BCUT2D eigenvalue weighted by Gasteiger charge is 2.11. The van der Waals surface area contributed by atoms with Crippen LogP contribution in [-0.2, 0) is 0 Å². The van der Waals surface area contributed by atoms with Crippen LogP contribution in [0.3, 0.4) is 0 Å². The number of hydrogen-bond acceptors (Lipinski definition) is 4. The van der Waals surface area contributed by atoms with Crippen LogP contribution in [0.1, 0.15) is 10.4 Å². The van der Waals surface area contributed by atoms with Gasteiger partial charge in [-0.1, -0.05) is 22.9 Å². The first kappa shape index (κ1) is 11.5. The van der Waals surface area contributed by atoms with E-state index in [0.717, 1.165) is 0 Å². The highest BCUT2D eigenvalue weighted by atomic mass is 79.9. The maximum atomic E-state index is 11.8. The van der Waals surface area contributed by atoms with Crippen molar-refractivity contribution in [2.24, 2.45) is 0 Å². The summed E-state index contributed by atoms with van der Waals surface area (Å²) in [6, 6.07) is 4.96. The number of halogens is 2. The Balaban J connectivity index is 2.21. The fraction of sp³-hybridized carbons (Fsp3) is 0. The van der Waals surface area contributed by atoms with E-state index in [0.29, 0.717) is 20.2 Å². The predicted molar refractivity (Wildman–Crippen MR) is 67.0 cm³/mol. The predicted octanol–water partition coefficient (Wildman–Crippen LogP) is 3.21. The van der Waals surface area contributed by atoms with Gasteiger partial charge in [0.05, 0.1) is 5.56 Å². The summed E-state index contributed by atoms with van der Waals surface area (Å²) in [7, 11) is 0. The van der Waals surface area contributed by atoms with E-state index in [1.165, 1.54) is 11.3 Å². The number of anilines is 1. The van der Waals surface area contributed by atoms with Crippen LogP contribution in [-0.4, -0.2) is 16.1 Å². The molecule has 0 fully saturated rings. The van der Waals surface area contributed by atoms with Crippen LogP contribution in [0.25, 0.3) is 0 Å². The number of amides is 1. The zero-order chi connectivity index (χ0) is 11.5. The molecule has 0 atom stereocenters. The topological polar surface area (TPSA) is 54.9 Å². The lowest BCUT2D eigenvalue weighted by Crippen LogP contribution is -2.12. The van der Waals surface area contributed by atoms with E-state index in [4.69, 9.17) is 11.6 Å². The molecule has 1 amide bonds. The molecule has 82 valence electrons. The minimum Gasteiger partial charge on any atom is -0.296 e. The summed E-state index contributed by atoms with van der Waals surface area (Å²) in [6.07, 6.45) is 0. The Morgan fingerprint density at radius 3 is 2.94 bits per heavy atom. The molecule has 2 rings (SSSR count). The van der Waals surface area contributed by atoms with E-state index in [2.05, 4.69) is 31.4 Å². The summed E-state index contributed by atoms with van der Waals surface area (Å²) < 4.78 is 0.641. The van der Waals surface area contributed by atoms with Crippen LogP contribution in [0, 0.1) is 0 Å². The second-order valence-electron chi connectivity index (χ2n) is 2.82. The van der Waals surface area contributed by atoms with Gasteiger partial charge in [0, 0.05) is 9.50 Å². The number of nitrogens with one attached hydrogen (secondary N) is 1. The van der Waals surface area contributed by atoms with E-state index in [-0.39, 0.29) is 5.91 Å². The van der Waals surface area contributed by atoms with E-state index in [1.807, 2.05) is 0 Å². The van der Waals surface area contributed by atoms with Crippen molar-refractivity contribution in [3.05, 3.63) is 38.8 Å².